The Morgan fingerprint density at radius 1 is 1.17 bits per heavy atom. The number of carbonyl (C=O) groups excluding carboxylic acids is 1. The Kier molecular flexibility index (Phi) is 5.56. The van der Waals surface area contributed by atoms with E-state index in [1.807, 2.05) is 48.5 Å². The highest BCUT2D eigenvalue weighted by molar-refractivity contribution is 7.99. The number of epoxide rings is 1. The van der Waals surface area contributed by atoms with Crippen LogP contribution < -0.4 is 5.32 Å². The highest BCUT2D eigenvalue weighted by Gasteiger charge is 2.34. The minimum Gasteiger partial charge on any atom is -0.445 e. The van der Waals surface area contributed by atoms with Gasteiger partial charge in [0, 0.05) is 10.6 Å². The van der Waals surface area contributed by atoms with Gasteiger partial charge >= 0.3 is 6.09 Å². The van der Waals surface area contributed by atoms with Gasteiger partial charge in [-0.1, -0.05) is 48.5 Å². The van der Waals surface area contributed by atoms with E-state index < -0.39 is 6.09 Å². The first-order valence-corrected chi connectivity index (χ1v) is 8.56. The quantitative estimate of drug-likeness (QED) is 0.624. The molecule has 1 aliphatic rings. The zero-order valence-corrected chi connectivity index (χ0v) is 13.5. The highest BCUT2D eigenvalue weighted by Crippen LogP contribution is 2.23. The van der Waals surface area contributed by atoms with E-state index in [0.29, 0.717) is 6.61 Å². The predicted octanol–water partition coefficient (Wildman–Crippen LogP) is 3.47. The molecule has 2 aromatic carbocycles. The number of hydrogen-bond acceptors (Lipinski definition) is 4. The summed E-state index contributed by atoms with van der Waals surface area (Å²) in [4.78, 5) is 13.2. The van der Waals surface area contributed by atoms with Crippen molar-refractivity contribution in [2.45, 2.75) is 23.6 Å². The largest absolute Gasteiger partial charge is 0.445 e. The van der Waals surface area contributed by atoms with E-state index in [4.69, 9.17) is 9.47 Å². The smallest absolute Gasteiger partial charge is 0.407 e. The van der Waals surface area contributed by atoms with Crippen LogP contribution in [0.15, 0.2) is 65.6 Å². The lowest BCUT2D eigenvalue weighted by Crippen LogP contribution is -2.40. The van der Waals surface area contributed by atoms with Crippen molar-refractivity contribution in [3.63, 3.8) is 0 Å². The van der Waals surface area contributed by atoms with Gasteiger partial charge in [0.2, 0.25) is 0 Å². The summed E-state index contributed by atoms with van der Waals surface area (Å²) in [5.74, 6) is 0.759. The lowest BCUT2D eigenvalue weighted by atomic mass is 10.2. The van der Waals surface area contributed by atoms with Gasteiger partial charge in [0.15, 0.2) is 0 Å². The van der Waals surface area contributed by atoms with Crippen molar-refractivity contribution in [3.8, 4) is 0 Å². The molecule has 3 rings (SSSR count). The van der Waals surface area contributed by atoms with Gasteiger partial charge in [-0.25, -0.2) is 4.79 Å². The number of ether oxygens (including phenoxy) is 2. The van der Waals surface area contributed by atoms with Crippen LogP contribution >= 0.6 is 11.8 Å². The van der Waals surface area contributed by atoms with E-state index >= 15 is 0 Å². The molecule has 0 saturated carbocycles. The summed E-state index contributed by atoms with van der Waals surface area (Å²) < 4.78 is 10.6. The van der Waals surface area contributed by atoms with Crippen molar-refractivity contribution in [3.05, 3.63) is 66.2 Å². The maximum atomic E-state index is 12.0. The Labute approximate surface area is 140 Å². The monoisotopic (exact) mass is 329 g/mol. The van der Waals surface area contributed by atoms with E-state index in [1.54, 1.807) is 11.8 Å². The molecule has 0 radical (unpaired) electrons. The Hall–Kier alpha value is -1.98. The first-order valence-electron chi connectivity index (χ1n) is 7.58. The standard InChI is InChI=1S/C18H19NO3S/c20-18(22-11-14-7-3-1-4-8-14)19-16(17-12-21-17)13-23-15-9-5-2-6-10-15/h1-10,16-17H,11-13H2,(H,19,20)/t16-,17+/m1/s1. The fourth-order valence-electron chi connectivity index (χ4n) is 2.15. The molecule has 1 fully saturated rings. The molecule has 4 nitrogen and oxygen atoms in total. The second-order valence-electron chi connectivity index (χ2n) is 5.31. The first-order chi connectivity index (χ1) is 11.3. The molecule has 0 spiro atoms. The number of rotatable bonds is 7. The van der Waals surface area contributed by atoms with E-state index in [-0.39, 0.29) is 18.8 Å². The molecule has 0 aromatic heterocycles. The van der Waals surface area contributed by atoms with E-state index in [9.17, 15) is 4.79 Å². The molecule has 0 aliphatic carbocycles. The molecular weight excluding hydrogens is 310 g/mol. The Morgan fingerprint density at radius 3 is 2.48 bits per heavy atom. The second kappa shape index (κ2) is 8.04. The Morgan fingerprint density at radius 2 is 1.83 bits per heavy atom. The lowest BCUT2D eigenvalue weighted by Gasteiger charge is -2.16. The third-order valence-corrected chi connectivity index (χ3v) is 4.63. The van der Waals surface area contributed by atoms with Crippen LogP contribution in [0.4, 0.5) is 4.79 Å². The zero-order valence-electron chi connectivity index (χ0n) is 12.7. The number of alkyl carbamates (subject to hydrolysis) is 1. The molecule has 5 heteroatoms. The molecule has 23 heavy (non-hydrogen) atoms. The summed E-state index contributed by atoms with van der Waals surface area (Å²) >= 11 is 1.70. The van der Waals surface area contributed by atoms with Gasteiger partial charge in [-0.2, -0.15) is 0 Å². The third-order valence-electron chi connectivity index (χ3n) is 3.50. The molecule has 120 valence electrons. The van der Waals surface area contributed by atoms with Crippen LogP contribution in [0.5, 0.6) is 0 Å². The number of hydrogen-bond donors (Lipinski definition) is 1. The zero-order chi connectivity index (χ0) is 15.9. The second-order valence-corrected chi connectivity index (χ2v) is 6.40. The third kappa shape index (κ3) is 5.30. The minimum atomic E-state index is -0.400. The molecule has 1 heterocycles. The number of nitrogens with one attached hydrogen (secondary N) is 1. The van der Waals surface area contributed by atoms with Gasteiger partial charge in [-0.15, -0.1) is 11.8 Å². The van der Waals surface area contributed by atoms with Crippen LogP contribution in [0.2, 0.25) is 0 Å². The van der Waals surface area contributed by atoms with Gasteiger partial charge in [-0.3, -0.25) is 0 Å². The topological polar surface area (TPSA) is 50.9 Å². The first kappa shape index (κ1) is 15.9. The summed E-state index contributed by atoms with van der Waals surface area (Å²) in [5.41, 5.74) is 0.973. The molecular formula is C18H19NO3S. The van der Waals surface area contributed by atoms with E-state index in [1.165, 1.54) is 4.90 Å². The minimum absolute atomic E-state index is 0.0384. The van der Waals surface area contributed by atoms with Crippen LogP contribution in [0, 0.1) is 0 Å². The average Bonchev–Trinajstić information content (AvgIpc) is 3.43. The Bertz CT molecular complexity index is 617. The average molecular weight is 329 g/mol. The number of thioether (sulfide) groups is 1. The van der Waals surface area contributed by atoms with Crippen LogP contribution in [0.3, 0.4) is 0 Å². The Balaban J connectivity index is 1.46. The maximum Gasteiger partial charge on any atom is 0.407 e. The van der Waals surface area contributed by atoms with E-state index in [0.717, 1.165) is 11.3 Å². The van der Waals surface area contributed by atoms with Gasteiger partial charge in [0.1, 0.15) is 12.7 Å². The molecule has 1 N–H and O–H groups in total. The SMILES string of the molecule is O=C(N[C@H](CSc1ccccc1)[C@@H]1CO1)OCc1ccccc1. The van der Waals surface area contributed by atoms with Crippen molar-refractivity contribution < 1.29 is 14.3 Å². The molecule has 2 aromatic rings. The van der Waals surface area contributed by atoms with Gasteiger partial charge in [-0.05, 0) is 17.7 Å². The van der Waals surface area contributed by atoms with Crippen molar-refractivity contribution in [1.29, 1.82) is 0 Å². The highest BCUT2D eigenvalue weighted by atomic mass is 32.2. The van der Waals surface area contributed by atoms with Crippen molar-refractivity contribution >= 4 is 17.9 Å². The van der Waals surface area contributed by atoms with Crippen molar-refractivity contribution in [2.24, 2.45) is 0 Å². The van der Waals surface area contributed by atoms with Crippen molar-refractivity contribution in [2.75, 3.05) is 12.4 Å². The lowest BCUT2D eigenvalue weighted by molar-refractivity contribution is 0.134. The summed E-state index contributed by atoms with van der Waals surface area (Å²) in [6.07, 6.45) is -0.307. The summed E-state index contributed by atoms with van der Waals surface area (Å²) in [6.45, 7) is 0.968. The molecule has 0 unspecified atom stereocenters. The van der Waals surface area contributed by atoms with Crippen molar-refractivity contribution in [1.82, 2.24) is 5.32 Å². The van der Waals surface area contributed by atoms with Gasteiger partial charge in [0.25, 0.3) is 0 Å². The molecule has 2 atom stereocenters. The normalized spacial score (nSPS) is 17.3. The van der Waals surface area contributed by atoms with E-state index in [2.05, 4.69) is 17.4 Å². The molecule has 1 aliphatic heterocycles. The molecule has 0 bridgehead atoms. The van der Waals surface area contributed by atoms with Crippen LogP contribution in [-0.4, -0.2) is 30.6 Å². The fraction of sp³-hybridized carbons (Fsp3) is 0.278. The van der Waals surface area contributed by atoms with Crippen LogP contribution in [0.1, 0.15) is 5.56 Å². The summed E-state index contributed by atoms with van der Waals surface area (Å²) in [7, 11) is 0. The molecule has 1 saturated heterocycles. The van der Waals surface area contributed by atoms with Gasteiger partial charge < -0.3 is 14.8 Å². The summed E-state index contributed by atoms with van der Waals surface area (Å²) in [6, 6.07) is 19.7. The predicted molar refractivity (Wildman–Crippen MR) is 90.5 cm³/mol. The number of carbonyl (C=O) groups is 1. The number of amides is 1. The molecule has 1 amide bonds. The number of benzene rings is 2. The van der Waals surface area contributed by atoms with Crippen LogP contribution in [-0.2, 0) is 16.1 Å². The maximum absolute atomic E-state index is 12.0. The fourth-order valence-corrected chi connectivity index (χ4v) is 3.17. The van der Waals surface area contributed by atoms with Gasteiger partial charge in [0.05, 0.1) is 12.6 Å². The van der Waals surface area contributed by atoms with Crippen LogP contribution in [0.25, 0.3) is 0 Å². The summed E-state index contributed by atoms with van der Waals surface area (Å²) in [5, 5.41) is 2.91.